The Balaban J connectivity index is 2.40. The normalized spacial score (nSPS) is 29.8. The summed E-state index contributed by atoms with van der Waals surface area (Å²) in [5.74, 6) is -0.242. The third kappa shape index (κ3) is 2.19. The topological polar surface area (TPSA) is 47.6 Å². The molecule has 2 unspecified atom stereocenters. The Morgan fingerprint density at radius 3 is 3.00 bits per heavy atom. The van der Waals surface area contributed by atoms with Gasteiger partial charge in [-0.1, -0.05) is 6.92 Å². The van der Waals surface area contributed by atoms with Gasteiger partial charge in [0.2, 0.25) is 0 Å². The highest BCUT2D eigenvalue weighted by Gasteiger charge is 2.26. The van der Waals surface area contributed by atoms with Crippen molar-refractivity contribution in [2.24, 2.45) is 0 Å². The quantitative estimate of drug-likeness (QED) is 0.594. The van der Waals surface area contributed by atoms with Crippen LogP contribution < -0.4 is 5.32 Å². The Morgan fingerprint density at radius 2 is 2.42 bits per heavy atom. The zero-order valence-electron chi connectivity index (χ0n) is 7.50. The van der Waals surface area contributed by atoms with E-state index in [1.807, 2.05) is 0 Å². The van der Waals surface area contributed by atoms with Gasteiger partial charge in [-0.05, 0) is 6.42 Å². The second-order valence-corrected chi connectivity index (χ2v) is 2.89. The monoisotopic (exact) mass is 173 g/mol. The van der Waals surface area contributed by atoms with Crippen LogP contribution in [0, 0.1) is 0 Å². The molecule has 70 valence electrons. The van der Waals surface area contributed by atoms with Gasteiger partial charge in [0.25, 0.3) is 0 Å². The molecule has 0 spiro atoms. The van der Waals surface area contributed by atoms with E-state index in [9.17, 15) is 4.79 Å². The van der Waals surface area contributed by atoms with E-state index in [1.165, 1.54) is 7.11 Å². The van der Waals surface area contributed by atoms with Crippen molar-refractivity contribution in [2.75, 3.05) is 20.3 Å². The van der Waals surface area contributed by atoms with Gasteiger partial charge in [-0.25, -0.2) is 0 Å². The van der Waals surface area contributed by atoms with E-state index in [1.54, 1.807) is 0 Å². The second kappa shape index (κ2) is 4.42. The number of carbonyl (C=O) groups excluding carboxylic acids is 1. The minimum absolute atomic E-state index is 0.242. The van der Waals surface area contributed by atoms with Crippen LogP contribution in [-0.2, 0) is 14.3 Å². The first kappa shape index (κ1) is 9.48. The molecule has 0 radical (unpaired) electrons. The van der Waals surface area contributed by atoms with E-state index in [2.05, 4.69) is 17.0 Å². The summed E-state index contributed by atoms with van der Waals surface area (Å²) in [4.78, 5) is 11.1. The van der Waals surface area contributed by atoms with Crippen molar-refractivity contribution in [2.45, 2.75) is 25.4 Å². The minimum Gasteiger partial charge on any atom is -0.468 e. The molecule has 1 fully saturated rings. The lowest BCUT2D eigenvalue weighted by Gasteiger charge is -2.28. The molecule has 2 atom stereocenters. The van der Waals surface area contributed by atoms with Crippen LogP contribution in [0.1, 0.15) is 13.3 Å². The number of hydrogen-bond donors (Lipinski definition) is 1. The molecule has 0 aromatic heterocycles. The predicted octanol–water partition coefficient (Wildman–Crippen LogP) is -0.0736. The fourth-order valence-electron chi connectivity index (χ4n) is 1.22. The summed E-state index contributed by atoms with van der Waals surface area (Å²) in [6.07, 6.45) is 0.966. The van der Waals surface area contributed by atoms with Crippen LogP contribution >= 0.6 is 0 Å². The number of morpholine rings is 1. The maximum atomic E-state index is 11.1. The van der Waals surface area contributed by atoms with Crippen LogP contribution in [0.15, 0.2) is 0 Å². The van der Waals surface area contributed by atoms with Crippen molar-refractivity contribution < 1.29 is 14.3 Å². The standard InChI is InChI=1S/C8H15NO3/c1-3-6-4-12-5-7(9-6)8(10)11-2/h6-7,9H,3-5H2,1-2H3. The smallest absolute Gasteiger partial charge is 0.325 e. The molecule has 0 saturated carbocycles. The summed E-state index contributed by atoms with van der Waals surface area (Å²) >= 11 is 0. The van der Waals surface area contributed by atoms with Crippen molar-refractivity contribution in [3.63, 3.8) is 0 Å². The fraction of sp³-hybridized carbons (Fsp3) is 0.875. The SMILES string of the molecule is CCC1COCC(C(=O)OC)N1. The van der Waals surface area contributed by atoms with Gasteiger partial charge >= 0.3 is 5.97 Å². The largest absolute Gasteiger partial charge is 0.468 e. The minimum atomic E-state index is -0.284. The summed E-state index contributed by atoms with van der Waals surface area (Å²) < 4.78 is 9.85. The van der Waals surface area contributed by atoms with Crippen LogP contribution in [0.4, 0.5) is 0 Å². The van der Waals surface area contributed by atoms with E-state index in [-0.39, 0.29) is 18.1 Å². The number of rotatable bonds is 2. The maximum Gasteiger partial charge on any atom is 0.325 e. The number of hydrogen-bond acceptors (Lipinski definition) is 4. The average Bonchev–Trinajstić information content (AvgIpc) is 2.17. The third-order valence-corrected chi connectivity index (χ3v) is 2.02. The Morgan fingerprint density at radius 1 is 1.67 bits per heavy atom. The van der Waals surface area contributed by atoms with Gasteiger partial charge in [0.05, 0.1) is 20.3 Å². The van der Waals surface area contributed by atoms with Crippen molar-refractivity contribution in [1.82, 2.24) is 5.32 Å². The molecule has 1 aliphatic rings. The van der Waals surface area contributed by atoms with E-state index in [0.29, 0.717) is 13.2 Å². The lowest BCUT2D eigenvalue weighted by atomic mass is 10.1. The summed E-state index contributed by atoms with van der Waals surface area (Å²) in [5, 5.41) is 3.15. The average molecular weight is 173 g/mol. The van der Waals surface area contributed by atoms with Gasteiger partial charge in [-0.2, -0.15) is 0 Å². The molecule has 1 aliphatic heterocycles. The van der Waals surface area contributed by atoms with Crippen LogP contribution in [-0.4, -0.2) is 38.4 Å². The summed E-state index contributed by atoms with van der Waals surface area (Å²) in [5.41, 5.74) is 0. The molecule has 1 heterocycles. The van der Waals surface area contributed by atoms with E-state index < -0.39 is 0 Å². The maximum absolute atomic E-state index is 11.1. The molecule has 1 N–H and O–H groups in total. The van der Waals surface area contributed by atoms with E-state index in [0.717, 1.165) is 6.42 Å². The highest BCUT2D eigenvalue weighted by atomic mass is 16.5. The number of ether oxygens (including phenoxy) is 2. The lowest BCUT2D eigenvalue weighted by Crippen LogP contribution is -2.52. The third-order valence-electron chi connectivity index (χ3n) is 2.02. The van der Waals surface area contributed by atoms with Gasteiger partial charge in [0, 0.05) is 6.04 Å². The van der Waals surface area contributed by atoms with E-state index >= 15 is 0 Å². The van der Waals surface area contributed by atoms with Crippen molar-refractivity contribution in [1.29, 1.82) is 0 Å². The highest BCUT2D eigenvalue weighted by molar-refractivity contribution is 5.75. The van der Waals surface area contributed by atoms with Crippen LogP contribution in [0.25, 0.3) is 0 Å². The Bertz CT molecular complexity index is 160. The first-order chi connectivity index (χ1) is 5.77. The Kier molecular flexibility index (Phi) is 3.49. The number of methoxy groups -OCH3 is 1. The Hall–Kier alpha value is -0.610. The van der Waals surface area contributed by atoms with Crippen molar-refractivity contribution in [3.05, 3.63) is 0 Å². The van der Waals surface area contributed by atoms with Gasteiger partial charge < -0.3 is 9.47 Å². The van der Waals surface area contributed by atoms with Gasteiger partial charge in [0.15, 0.2) is 0 Å². The summed E-state index contributed by atoms with van der Waals surface area (Å²) in [7, 11) is 1.39. The molecule has 1 saturated heterocycles. The van der Waals surface area contributed by atoms with Gasteiger partial charge in [-0.3, -0.25) is 10.1 Å². The lowest BCUT2D eigenvalue weighted by molar-refractivity contribution is -0.147. The molecule has 4 heteroatoms. The number of carbonyl (C=O) groups is 1. The highest BCUT2D eigenvalue weighted by Crippen LogP contribution is 2.03. The molecule has 0 aliphatic carbocycles. The molecule has 4 nitrogen and oxygen atoms in total. The molecule has 0 bridgehead atoms. The molecule has 12 heavy (non-hydrogen) atoms. The number of nitrogens with one attached hydrogen (secondary N) is 1. The second-order valence-electron chi connectivity index (χ2n) is 2.89. The zero-order valence-corrected chi connectivity index (χ0v) is 7.50. The first-order valence-electron chi connectivity index (χ1n) is 4.19. The molecule has 0 amide bonds. The van der Waals surface area contributed by atoms with Crippen LogP contribution in [0.2, 0.25) is 0 Å². The predicted molar refractivity (Wildman–Crippen MR) is 43.8 cm³/mol. The van der Waals surface area contributed by atoms with Crippen LogP contribution in [0.3, 0.4) is 0 Å². The molecule has 0 aromatic carbocycles. The van der Waals surface area contributed by atoms with Gasteiger partial charge in [-0.15, -0.1) is 0 Å². The Labute approximate surface area is 72.2 Å². The molecular formula is C8H15NO3. The zero-order chi connectivity index (χ0) is 8.97. The fourth-order valence-corrected chi connectivity index (χ4v) is 1.22. The van der Waals surface area contributed by atoms with Gasteiger partial charge in [0.1, 0.15) is 6.04 Å². The number of esters is 1. The van der Waals surface area contributed by atoms with Crippen LogP contribution in [0.5, 0.6) is 0 Å². The molecular weight excluding hydrogens is 158 g/mol. The summed E-state index contributed by atoms with van der Waals surface area (Å²) in [6, 6.07) is -0.00319. The van der Waals surface area contributed by atoms with Crippen molar-refractivity contribution in [3.8, 4) is 0 Å². The van der Waals surface area contributed by atoms with Crippen molar-refractivity contribution >= 4 is 5.97 Å². The summed E-state index contributed by atoms with van der Waals surface area (Å²) in [6.45, 7) is 3.16. The van der Waals surface area contributed by atoms with E-state index in [4.69, 9.17) is 4.74 Å². The molecule has 0 aromatic rings. The first-order valence-corrected chi connectivity index (χ1v) is 4.19. The molecule has 1 rings (SSSR count).